The molecule has 0 saturated carbocycles. The van der Waals surface area contributed by atoms with Crippen LogP contribution in [0.3, 0.4) is 0 Å². The zero-order valence-electron chi connectivity index (χ0n) is 19.1. The molecule has 1 aliphatic heterocycles. The van der Waals surface area contributed by atoms with Gasteiger partial charge in [-0.3, -0.25) is 14.9 Å². The highest BCUT2D eigenvalue weighted by atomic mass is 35.5. The molecule has 1 N–H and O–H groups in total. The Balaban J connectivity index is 1.65. The van der Waals surface area contributed by atoms with E-state index >= 15 is 0 Å². The molecule has 36 heavy (non-hydrogen) atoms. The minimum atomic E-state index is -0.873. The molecule has 1 fully saturated rings. The number of nitrogens with zero attached hydrogens (tertiary/aromatic N) is 1. The van der Waals surface area contributed by atoms with Crippen molar-refractivity contribution in [1.82, 2.24) is 5.32 Å². The summed E-state index contributed by atoms with van der Waals surface area (Å²) < 4.78 is 11.3. The van der Waals surface area contributed by atoms with E-state index in [2.05, 4.69) is 5.32 Å². The van der Waals surface area contributed by atoms with Crippen LogP contribution < -0.4 is 19.7 Å². The van der Waals surface area contributed by atoms with Gasteiger partial charge in [0.15, 0.2) is 11.5 Å². The number of halogens is 3. The van der Waals surface area contributed by atoms with Gasteiger partial charge in [0.05, 0.1) is 17.8 Å². The molecule has 1 saturated heterocycles. The molecule has 0 unspecified atom stereocenters. The second-order valence-electron chi connectivity index (χ2n) is 7.84. The Hall–Kier alpha value is -3.52. The van der Waals surface area contributed by atoms with E-state index in [1.54, 1.807) is 43.3 Å². The molecule has 0 radical (unpaired) electrons. The first kappa shape index (κ1) is 25.6. The number of aryl methyl sites for hydroxylation is 1. The van der Waals surface area contributed by atoms with Crippen LogP contribution in [-0.2, 0) is 16.2 Å². The van der Waals surface area contributed by atoms with E-state index in [0.29, 0.717) is 21.4 Å². The first-order valence-corrected chi connectivity index (χ1v) is 11.7. The number of benzene rings is 3. The Morgan fingerprint density at radius 3 is 2.44 bits per heavy atom. The highest BCUT2D eigenvalue weighted by Crippen LogP contribution is 2.38. The molecule has 4 rings (SSSR count). The molecule has 7 nitrogen and oxygen atoms in total. The van der Waals surface area contributed by atoms with Crippen molar-refractivity contribution < 1.29 is 23.9 Å². The largest absolute Gasteiger partial charge is 0.493 e. The van der Waals surface area contributed by atoms with Crippen molar-refractivity contribution >= 4 is 64.4 Å². The van der Waals surface area contributed by atoms with Crippen LogP contribution in [0.25, 0.3) is 6.08 Å². The Kier molecular flexibility index (Phi) is 7.54. The Bertz CT molecular complexity index is 1420. The lowest BCUT2D eigenvalue weighted by molar-refractivity contribution is -0.122. The summed E-state index contributed by atoms with van der Waals surface area (Å²) in [5.74, 6) is -1.07. The molecular formula is C26H19Cl3N2O5. The van der Waals surface area contributed by atoms with Crippen LogP contribution in [0.15, 0.2) is 60.2 Å². The Morgan fingerprint density at radius 2 is 1.75 bits per heavy atom. The summed E-state index contributed by atoms with van der Waals surface area (Å²) in [7, 11) is 1.44. The van der Waals surface area contributed by atoms with Gasteiger partial charge in [0.1, 0.15) is 12.2 Å². The third kappa shape index (κ3) is 5.33. The third-order valence-corrected chi connectivity index (χ3v) is 6.27. The second kappa shape index (κ2) is 10.6. The fraction of sp³-hybridized carbons (Fsp3) is 0.115. The number of carbonyl (C=O) groups excluding carboxylic acids is 3. The van der Waals surface area contributed by atoms with Gasteiger partial charge in [-0.25, -0.2) is 9.69 Å². The maximum absolute atomic E-state index is 13.2. The number of imide groups is 2. The molecule has 1 heterocycles. The van der Waals surface area contributed by atoms with E-state index in [9.17, 15) is 14.4 Å². The van der Waals surface area contributed by atoms with Crippen LogP contribution in [0.2, 0.25) is 15.1 Å². The van der Waals surface area contributed by atoms with Crippen molar-refractivity contribution in [2.24, 2.45) is 0 Å². The number of nitrogens with one attached hydrogen (secondary N) is 1. The molecule has 3 aromatic rings. The first-order valence-electron chi connectivity index (χ1n) is 10.6. The zero-order valence-corrected chi connectivity index (χ0v) is 21.4. The fourth-order valence-electron chi connectivity index (χ4n) is 3.52. The molecule has 0 aliphatic carbocycles. The summed E-state index contributed by atoms with van der Waals surface area (Å²) in [6, 6.07) is 14.1. The summed E-state index contributed by atoms with van der Waals surface area (Å²) >= 11 is 18.6. The van der Waals surface area contributed by atoms with Gasteiger partial charge in [0.2, 0.25) is 0 Å². The normalized spacial score (nSPS) is 14.8. The molecular weight excluding hydrogens is 527 g/mol. The maximum atomic E-state index is 13.2. The molecule has 3 aromatic carbocycles. The minimum absolute atomic E-state index is 0.189. The number of hydrogen-bond acceptors (Lipinski definition) is 5. The van der Waals surface area contributed by atoms with E-state index in [1.807, 2.05) is 6.07 Å². The standard InChI is InChI=1S/C26H19Cl3N2O5/c1-14-6-7-18(12-20(14)28)31-25(33)19(24(32)30-26(31)34)9-16-10-21(29)23(22(11-16)35-2)36-13-15-4-3-5-17(27)8-15/h3-12H,13H2,1-2H3,(H,30,32,34)/b19-9+. The van der Waals surface area contributed by atoms with Crippen molar-refractivity contribution in [3.05, 3.63) is 91.9 Å². The molecule has 0 bridgehead atoms. The fourth-order valence-corrected chi connectivity index (χ4v) is 4.19. The summed E-state index contributed by atoms with van der Waals surface area (Å²) in [5.41, 5.74) is 1.96. The molecule has 1 aliphatic rings. The van der Waals surface area contributed by atoms with Crippen molar-refractivity contribution in [2.75, 3.05) is 12.0 Å². The van der Waals surface area contributed by atoms with Gasteiger partial charge in [-0.05, 0) is 66.1 Å². The molecule has 10 heteroatoms. The monoisotopic (exact) mass is 544 g/mol. The van der Waals surface area contributed by atoms with E-state index in [-0.39, 0.29) is 28.6 Å². The van der Waals surface area contributed by atoms with Crippen LogP contribution in [0.5, 0.6) is 11.5 Å². The smallest absolute Gasteiger partial charge is 0.335 e. The lowest BCUT2D eigenvalue weighted by atomic mass is 10.1. The van der Waals surface area contributed by atoms with Crippen LogP contribution in [0.4, 0.5) is 10.5 Å². The SMILES string of the molecule is COc1cc(/C=C2\C(=O)NC(=O)N(c3ccc(C)c(Cl)c3)C2=O)cc(Cl)c1OCc1cccc(Cl)c1. The van der Waals surface area contributed by atoms with Crippen LogP contribution in [0, 0.1) is 6.92 Å². The topological polar surface area (TPSA) is 84.9 Å². The number of urea groups is 1. The van der Waals surface area contributed by atoms with Crippen molar-refractivity contribution in [3.63, 3.8) is 0 Å². The number of barbiturate groups is 1. The molecule has 0 aromatic heterocycles. The second-order valence-corrected chi connectivity index (χ2v) is 9.09. The Morgan fingerprint density at radius 1 is 0.972 bits per heavy atom. The summed E-state index contributed by atoms with van der Waals surface area (Å²) in [4.78, 5) is 39.0. The number of hydrogen-bond donors (Lipinski definition) is 1. The first-order chi connectivity index (χ1) is 17.2. The zero-order chi connectivity index (χ0) is 26.0. The number of rotatable bonds is 6. The van der Waals surface area contributed by atoms with E-state index < -0.39 is 17.8 Å². The summed E-state index contributed by atoms with van der Waals surface area (Å²) in [5, 5.41) is 3.33. The van der Waals surface area contributed by atoms with Crippen LogP contribution >= 0.6 is 34.8 Å². The predicted octanol–water partition coefficient (Wildman–Crippen LogP) is 6.21. The average Bonchev–Trinajstić information content (AvgIpc) is 2.83. The van der Waals surface area contributed by atoms with Crippen molar-refractivity contribution in [1.29, 1.82) is 0 Å². The van der Waals surface area contributed by atoms with Gasteiger partial charge in [-0.2, -0.15) is 0 Å². The maximum Gasteiger partial charge on any atom is 0.335 e. The van der Waals surface area contributed by atoms with Crippen molar-refractivity contribution in [2.45, 2.75) is 13.5 Å². The minimum Gasteiger partial charge on any atom is -0.493 e. The number of carbonyl (C=O) groups is 3. The van der Waals surface area contributed by atoms with Crippen molar-refractivity contribution in [3.8, 4) is 11.5 Å². The van der Waals surface area contributed by atoms with Gasteiger partial charge in [-0.15, -0.1) is 0 Å². The third-order valence-electron chi connectivity index (χ3n) is 5.35. The highest BCUT2D eigenvalue weighted by Gasteiger charge is 2.37. The number of amides is 4. The Labute approximate surface area is 222 Å². The van der Waals surface area contributed by atoms with Crippen LogP contribution in [0.1, 0.15) is 16.7 Å². The molecule has 184 valence electrons. The number of methoxy groups -OCH3 is 1. The van der Waals surface area contributed by atoms with Crippen LogP contribution in [-0.4, -0.2) is 25.0 Å². The van der Waals surface area contributed by atoms with Gasteiger partial charge in [0.25, 0.3) is 11.8 Å². The number of ether oxygens (including phenoxy) is 2. The summed E-state index contributed by atoms with van der Waals surface area (Å²) in [6.45, 7) is 1.98. The molecule has 0 atom stereocenters. The van der Waals surface area contributed by atoms with Gasteiger partial charge in [-0.1, -0.05) is 53.0 Å². The van der Waals surface area contributed by atoms with E-state index in [1.165, 1.54) is 25.3 Å². The lowest BCUT2D eigenvalue weighted by Gasteiger charge is -2.26. The van der Waals surface area contributed by atoms with Gasteiger partial charge < -0.3 is 9.47 Å². The molecule has 4 amide bonds. The predicted molar refractivity (Wildman–Crippen MR) is 139 cm³/mol. The quantitative estimate of drug-likeness (QED) is 0.294. The van der Waals surface area contributed by atoms with E-state index in [0.717, 1.165) is 16.0 Å². The van der Waals surface area contributed by atoms with Gasteiger partial charge >= 0.3 is 6.03 Å². The lowest BCUT2D eigenvalue weighted by Crippen LogP contribution is -2.54. The van der Waals surface area contributed by atoms with Gasteiger partial charge in [0, 0.05) is 10.0 Å². The number of anilines is 1. The molecule has 0 spiro atoms. The summed E-state index contributed by atoms with van der Waals surface area (Å²) in [6.07, 6.45) is 1.32. The average molecular weight is 546 g/mol. The highest BCUT2D eigenvalue weighted by molar-refractivity contribution is 6.39. The van der Waals surface area contributed by atoms with E-state index in [4.69, 9.17) is 44.3 Å².